The fourth-order valence-electron chi connectivity index (χ4n) is 1.72. The number of nitrogens with one attached hydrogen (secondary N) is 1. The number of carboxylic acid groups (broad SMARTS) is 1. The van der Waals surface area contributed by atoms with E-state index >= 15 is 0 Å². The second-order valence-corrected chi connectivity index (χ2v) is 5.18. The fraction of sp³-hybridized carbons (Fsp3) is 0.0667. The number of aromatic carboxylic acids is 1. The number of halogens is 1. The van der Waals surface area contributed by atoms with Crippen molar-refractivity contribution in [3.8, 4) is 0 Å². The minimum Gasteiger partial charge on any atom is -0.478 e. The van der Waals surface area contributed by atoms with Crippen LogP contribution in [-0.2, 0) is 0 Å². The molecule has 5 heteroatoms. The van der Waals surface area contributed by atoms with Crippen LogP contribution in [0.15, 0.2) is 46.9 Å². The van der Waals surface area contributed by atoms with Gasteiger partial charge in [0.25, 0.3) is 5.91 Å². The van der Waals surface area contributed by atoms with Gasteiger partial charge in [-0.25, -0.2) is 4.79 Å². The maximum Gasteiger partial charge on any atom is 0.335 e. The molecule has 0 fully saturated rings. The van der Waals surface area contributed by atoms with E-state index in [0.717, 1.165) is 10.0 Å². The van der Waals surface area contributed by atoms with Crippen molar-refractivity contribution >= 4 is 33.5 Å². The summed E-state index contributed by atoms with van der Waals surface area (Å²) in [7, 11) is 0. The number of aryl methyl sites for hydroxylation is 1. The Bertz CT molecular complexity index is 683. The number of carbonyl (C=O) groups excluding carboxylic acids is 1. The molecule has 2 N–H and O–H groups in total. The molecule has 0 saturated heterocycles. The van der Waals surface area contributed by atoms with Gasteiger partial charge < -0.3 is 10.4 Å². The van der Waals surface area contributed by atoms with E-state index in [0.29, 0.717) is 11.3 Å². The Kier molecular flexibility index (Phi) is 4.20. The van der Waals surface area contributed by atoms with E-state index in [9.17, 15) is 9.59 Å². The molecule has 2 aromatic rings. The van der Waals surface area contributed by atoms with Crippen LogP contribution in [0.4, 0.5) is 5.69 Å². The molecular formula is C15H12BrNO3. The zero-order chi connectivity index (χ0) is 14.7. The van der Waals surface area contributed by atoms with Crippen LogP contribution >= 0.6 is 15.9 Å². The average Bonchev–Trinajstić information content (AvgIpc) is 2.43. The summed E-state index contributed by atoms with van der Waals surface area (Å²) in [6.07, 6.45) is 0. The van der Waals surface area contributed by atoms with Crippen LogP contribution in [0.5, 0.6) is 0 Å². The van der Waals surface area contributed by atoms with Crippen molar-refractivity contribution in [2.75, 3.05) is 5.32 Å². The monoisotopic (exact) mass is 333 g/mol. The van der Waals surface area contributed by atoms with E-state index < -0.39 is 5.97 Å². The molecule has 20 heavy (non-hydrogen) atoms. The molecule has 0 heterocycles. The normalized spacial score (nSPS) is 10.1. The van der Waals surface area contributed by atoms with Crippen LogP contribution in [0.3, 0.4) is 0 Å². The molecule has 102 valence electrons. The summed E-state index contributed by atoms with van der Waals surface area (Å²) in [5.41, 5.74) is 2.05. The van der Waals surface area contributed by atoms with Crippen LogP contribution in [-0.4, -0.2) is 17.0 Å². The van der Waals surface area contributed by atoms with E-state index in [2.05, 4.69) is 21.2 Å². The summed E-state index contributed by atoms with van der Waals surface area (Å²) in [5.74, 6) is -1.41. The third-order valence-corrected chi connectivity index (χ3v) is 3.43. The van der Waals surface area contributed by atoms with Crippen molar-refractivity contribution in [2.24, 2.45) is 0 Å². The first-order valence-corrected chi connectivity index (χ1v) is 6.67. The first-order valence-electron chi connectivity index (χ1n) is 5.88. The summed E-state index contributed by atoms with van der Waals surface area (Å²) in [6.45, 7) is 1.92. The highest BCUT2D eigenvalue weighted by atomic mass is 79.9. The third kappa shape index (κ3) is 3.24. The van der Waals surface area contributed by atoms with Crippen molar-refractivity contribution in [2.45, 2.75) is 6.92 Å². The summed E-state index contributed by atoms with van der Waals surface area (Å²) in [4.78, 5) is 23.0. The molecule has 0 bridgehead atoms. The highest BCUT2D eigenvalue weighted by Crippen LogP contribution is 2.24. The number of carbonyl (C=O) groups is 2. The molecule has 4 nitrogen and oxygen atoms in total. The van der Waals surface area contributed by atoms with Crippen LogP contribution in [0, 0.1) is 6.92 Å². The maximum atomic E-state index is 12.1. The molecule has 0 spiro atoms. The first-order chi connectivity index (χ1) is 9.47. The van der Waals surface area contributed by atoms with Crippen LogP contribution < -0.4 is 5.32 Å². The van der Waals surface area contributed by atoms with Gasteiger partial charge in [0.2, 0.25) is 0 Å². The molecule has 0 unspecified atom stereocenters. The van der Waals surface area contributed by atoms with Gasteiger partial charge in [0.15, 0.2) is 0 Å². The predicted molar refractivity (Wildman–Crippen MR) is 80.2 cm³/mol. The molecule has 2 aromatic carbocycles. The number of amides is 1. The largest absolute Gasteiger partial charge is 0.478 e. The summed E-state index contributed by atoms with van der Waals surface area (Å²) in [5, 5.41) is 11.7. The molecular weight excluding hydrogens is 322 g/mol. The highest BCUT2D eigenvalue weighted by Gasteiger charge is 2.11. The van der Waals surface area contributed by atoms with Gasteiger partial charge in [-0.2, -0.15) is 0 Å². The molecule has 0 aliphatic carbocycles. The molecule has 1 amide bonds. The van der Waals surface area contributed by atoms with Crippen molar-refractivity contribution in [3.05, 3.63) is 63.6 Å². The summed E-state index contributed by atoms with van der Waals surface area (Å²) >= 11 is 3.36. The van der Waals surface area contributed by atoms with E-state index in [1.807, 2.05) is 25.1 Å². The van der Waals surface area contributed by atoms with Gasteiger partial charge in [-0.15, -0.1) is 0 Å². The van der Waals surface area contributed by atoms with Crippen LogP contribution in [0.1, 0.15) is 26.3 Å². The van der Waals surface area contributed by atoms with Gasteiger partial charge in [0.1, 0.15) is 0 Å². The van der Waals surface area contributed by atoms with E-state index in [4.69, 9.17) is 5.11 Å². The number of anilines is 1. The lowest BCUT2D eigenvalue weighted by Gasteiger charge is -2.08. The Hall–Kier alpha value is -2.14. The summed E-state index contributed by atoms with van der Waals surface area (Å²) < 4.78 is 0.769. The first kappa shape index (κ1) is 14.3. The maximum absolute atomic E-state index is 12.1. The van der Waals surface area contributed by atoms with E-state index in [-0.39, 0.29) is 11.5 Å². The van der Waals surface area contributed by atoms with Crippen molar-refractivity contribution in [1.82, 2.24) is 0 Å². The Labute approximate surface area is 124 Å². The molecule has 0 aromatic heterocycles. The predicted octanol–water partition coefficient (Wildman–Crippen LogP) is 3.71. The Morgan fingerprint density at radius 2 is 1.80 bits per heavy atom. The lowest BCUT2D eigenvalue weighted by Crippen LogP contribution is -2.13. The van der Waals surface area contributed by atoms with Crippen LogP contribution in [0.25, 0.3) is 0 Å². The highest BCUT2D eigenvalue weighted by molar-refractivity contribution is 9.10. The fourth-order valence-corrected chi connectivity index (χ4v) is 2.07. The van der Waals surface area contributed by atoms with E-state index in [1.54, 1.807) is 12.1 Å². The van der Waals surface area contributed by atoms with Gasteiger partial charge in [-0.05, 0) is 58.7 Å². The molecule has 0 aliphatic heterocycles. The van der Waals surface area contributed by atoms with Crippen molar-refractivity contribution in [1.29, 1.82) is 0 Å². The molecule has 0 aliphatic rings. The Morgan fingerprint density at radius 1 is 1.10 bits per heavy atom. The standard InChI is InChI=1S/C15H12BrNO3/c1-9-5-6-12(16)13(7-9)17-14(18)10-3-2-4-11(8-10)15(19)20/h2-8H,1H3,(H,17,18)(H,19,20). The quantitative estimate of drug-likeness (QED) is 0.899. The average molecular weight is 334 g/mol. The SMILES string of the molecule is Cc1ccc(Br)c(NC(=O)c2cccc(C(=O)O)c2)c1. The zero-order valence-corrected chi connectivity index (χ0v) is 12.3. The lowest BCUT2D eigenvalue weighted by molar-refractivity contribution is 0.0697. The summed E-state index contributed by atoms with van der Waals surface area (Å²) in [6, 6.07) is 11.5. The number of carboxylic acids is 1. The van der Waals surface area contributed by atoms with E-state index in [1.165, 1.54) is 12.1 Å². The van der Waals surface area contributed by atoms with Gasteiger partial charge >= 0.3 is 5.97 Å². The second-order valence-electron chi connectivity index (χ2n) is 4.32. The Balaban J connectivity index is 2.26. The molecule has 0 saturated carbocycles. The minimum absolute atomic E-state index is 0.0842. The number of benzene rings is 2. The van der Waals surface area contributed by atoms with Gasteiger partial charge in [0, 0.05) is 10.0 Å². The Morgan fingerprint density at radius 3 is 2.50 bits per heavy atom. The van der Waals surface area contributed by atoms with Gasteiger partial charge in [-0.3, -0.25) is 4.79 Å². The smallest absolute Gasteiger partial charge is 0.335 e. The topological polar surface area (TPSA) is 66.4 Å². The molecule has 0 radical (unpaired) electrons. The number of rotatable bonds is 3. The molecule has 0 atom stereocenters. The minimum atomic E-state index is -1.06. The number of hydrogen-bond acceptors (Lipinski definition) is 2. The van der Waals surface area contributed by atoms with Gasteiger partial charge in [-0.1, -0.05) is 12.1 Å². The third-order valence-electron chi connectivity index (χ3n) is 2.74. The number of hydrogen-bond donors (Lipinski definition) is 2. The van der Waals surface area contributed by atoms with Crippen molar-refractivity contribution in [3.63, 3.8) is 0 Å². The van der Waals surface area contributed by atoms with Gasteiger partial charge in [0.05, 0.1) is 11.3 Å². The molecule has 2 rings (SSSR count). The van der Waals surface area contributed by atoms with Crippen molar-refractivity contribution < 1.29 is 14.7 Å². The lowest BCUT2D eigenvalue weighted by atomic mass is 10.1. The van der Waals surface area contributed by atoms with Crippen LogP contribution in [0.2, 0.25) is 0 Å². The second kappa shape index (κ2) is 5.88. The zero-order valence-electron chi connectivity index (χ0n) is 10.7.